The Morgan fingerprint density at radius 1 is 1.40 bits per heavy atom. The Morgan fingerprint density at radius 3 is 2.87 bits per heavy atom. The van der Waals surface area contributed by atoms with Crippen LogP contribution in [-0.4, -0.2) is 17.1 Å². The minimum Gasteiger partial charge on any atom is -0.462 e. The minimum absolute atomic E-state index is 0.107. The predicted molar refractivity (Wildman–Crippen MR) is 57.5 cm³/mol. The van der Waals surface area contributed by atoms with E-state index in [1.807, 2.05) is 18.3 Å². The molecular weight excluding hydrogens is 190 g/mol. The van der Waals surface area contributed by atoms with E-state index >= 15 is 0 Å². The molecule has 0 unspecified atom stereocenters. The van der Waals surface area contributed by atoms with Gasteiger partial charge in [-0.2, -0.15) is 0 Å². The lowest BCUT2D eigenvalue weighted by molar-refractivity contribution is -0.149. The van der Waals surface area contributed by atoms with Crippen molar-refractivity contribution >= 4 is 5.97 Å². The molecule has 1 fully saturated rings. The average Bonchev–Trinajstić information content (AvgIpc) is 2.71. The Balaban J connectivity index is 1.76. The number of hydrogen-bond donors (Lipinski definition) is 1. The van der Waals surface area contributed by atoms with E-state index < -0.39 is 0 Å². The van der Waals surface area contributed by atoms with E-state index in [9.17, 15) is 4.79 Å². The van der Waals surface area contributed by atoms with Gasteiger partial charge in [0.05, 0.1) is 6.42 Å². The van der Waals surface area contributed by atoms with Gasteiger partial charge in [0.1, 0.15) is 6.10 Å². The van der Waals surface area contributed by atoms with Gasteiger partial charge in [0.25, 0.3) is 0 Å². The minimum atomic E-state index is -0.107. The summed E-state index contributed by atoms with van der Waals surface area (Å²) < 4.78 is 5.41. The number of nitrogens with one attached hydrogen (secondary N) is 1. The van der Waals surface area contributed by atoms with Gasteiger partial charge in [-0.1, -0.05) is 6.42 Å². The number of aromatic nitrogens is 1. The molecule has 3 heteroatoms. The standard InChI is InChI=1S/C12H17NO2/c14-12(9-10-5-4-8-13-10)15-11-6-2-1-3-7-11/h4-5,8,11,13H,1-3,6-7,9H2. The molecule has 0 amide bonds. The summed E-state index contributed by atoms with van der Waals surface area (Å²) in [6.07, 6.45) is 8.10. The van der Waals surface area contributed by atoms with Crippen LogP contribution in [0.15, 0.2) is 18.3 Å². The van der Waals surface area contributed by atoms with Gasteiger partial charge in [-0.3, -0.25) is 4.79 Å². The number of hydrogen-bond acceptors (Lipinski definition) is 2. The highest BCUT2D eigenvalue weighted by atomic mass is 16.5. The summed E-state index contributed by atoms with van der Waals surface area (Å²) in [5, 5.41) is 0. The van der Waals surface area contributed by atoms with E-state index in [1.165, 1.54) is 19.3 Å². The van der Waals surface area contributed by atoms with Crippen LogP contribution in [0.25, 0.3) is 0 Å². The average molecular weight is 207 g/mol. The van der Waals surface area contributed by atoms with Crippen LogP contribution >= 0.6 is 0 Å². The third kappa shape index (κ3) is 3.11. The Kier molecular flexibility index (Phi) is 3.43. The smallest absolute Gasteiger partial charge is 0.312 e. The normalized spacial score (nSPS) is 17.6. The molecule has 82 valence electrons. The monoisotopic (exact) mass is 207 g/mol. The van der Waals surface area contributed by atoms with Crippen molar-refractivity contribution in [2.24, 2.45) is 0 Å². The molecule has 1 saturated carbocycles. The van der Waals surface area contributed by atoms with Crippen LogP contribution in [-0.2, 0) is 16.0 Å². The van der Waals surface area contributed by atoms with E-state index in [4.69, 9.17) is 4.74 Å². The molecule has 1 heterocycles. The fourth-order valence-electron chi connectivity index (χ4n) is 2.04. The lowest BCUT2D eigenvalue weighted by Gasteiger charge is -2.21. The van der Waals surface area contributed by atoms with E-state index in [0.717, 1.165) is 18.5 Å². The van der Waals surface area contributed by atoms with Gasteiger partial charge in [0, 0.05) is 11.9 Å². The van der Waals surface area contributed by atoms with E-state index in [0.29, 0.717) is 6.42 Å². The number of carbonyl (C=O) groups is 1. The molecule has 1 aromatic heterocycles. The molecular formula is C12H17NO2. The summed E-state index contributed by atoms with van der Waals surface area (Å²) in [5.41, 5.74) is 0.927. The fraction of sp³-hybridized carbons (Fsp3) is 0.583. The first kappa shape index (κ1) is 10.3. The molecule has 1 N–H and O–H groups in total. The van der Waals surface area contributed by atoms with Crippen molar-refractivity contribution in [3.8, 4) is 0 Å². The zero-order chi connectivity index (χ0) is 10.5. The highest BCUT2D eigenvalue weighted by Gasteiger charge is 2.17. The van der Waals surface area contributed by atoms with Crippen molar-refractivity contribution in [1.29, 1.82) is 0 Å². The van der Waals surface area contributed by atoms with Crippen molar-refractivity contribution in [3.05, 3.63) is 24.0 Å². The van der Waals surface area contributed by atoms with Crippen LogP contribution in [0, 0.1) is 0 Å². The van der Waals surface area contributed by atoms with Crippen LogP contribution in [0.2, 0.25) is 0 Å². The van der Waals surface area contributed by atoms with Gasteiger partial charge in [0.15, 0.2) is 0 Å². The Morgan fingerprint density at radius 2 is 2.20 bits per heavy atom. The Bertz CT molecular complexity index is 299. The molecule has 3 nitrogen and oxygen atoms in total. The molecule has 15 heavy (non-hydrogen) atoms. The second-order valence-corrected chi connectivity index (χ2v) is 4.12. The highest BCUT2D eigenvalue weighted by molar-refractivity contribution is 5.72. The second-order valence-electron chi connectivity index (χ2n) is 4.12. The molecule has 0 aliphatic heterocycles. The highest BCUT2D eigenvalue weighted by Crippen LogP contribution is 2.20. The zero-order valence-corrected chi connectivity index (χ0v) is 8.87. The molecule has 0 atom stereocenters. The molecule has 2 rings (SSSR count). The maximum atomic E-state index is 11.5. The number of aromatic amines is 1. The summed E-state index contributed by atoms with van der Waals surface area (Å²) >= 11 is 0. The third-order valence-corrected chi connectivity index (χ3v) is 2.85. The van der Waals surface area contributed by atoms with Gasteiger partial charge >= 0.3 is 5.97 Å². The Labute approximate surface area is 89.8 Å². The van der Waals surface area contributed by atoms with Crippen LogP contribution in [0.3, 0.4) is 0 Å². The molecule has 0 saturated heterocycles. The molecule has 0 radical (unpaired) electrons. The summed E-state index contributed by atoms with van der Waals surface area (Å²) in [6, 6.07) is 3.80. The molecule has 0 bridgehead atoms. The van der Waals surface area contributed by atoms with Crippen molar-refractivity contribution in [1.82, 2.24) is 4.98 Å². The van der Waals surface area contributed by atoms with Crippen LogP contribution < -0.4 is 0 Å². The number of rotatable bonds is 3. The molecule has 0 aromatic carbocycles. The maximum Gasteiger partial charge on any atom is 0.312 e. The van der Waals surface area contributed by atoms with Crippen LogP contribution in [0.4, 0.5) is 0 Å². The molecule has 1 aromatic rings. The lowest BCUT2D eigenvalue weighted by atomic mass is 9.98. The number of H-pyrrole nitrogens is 1. The zero-order valence-electron chi connectivity index (χ0n) is 8.87. The maximum absolute atomic E-state index is 11.5. The van der Waals surface area contributed by atoms with Crippen molar-refractivity contribution in [2.45, 2.75) is 44.6 Å². The third-order valence-electron chi connectivity index (χ3n) is 2.85. The fourth-order valence-corrected chi connectivity index (χ4v) is 2.04. The van der Waals surface area contributed by atoms with Crippen molar-refractivity contribution < 1.29 is 9.53 Å². The number of esters is 1. The largest absolute Gasteiger partial charge is 0.462 e. The Hall–Kier alpha value is -1.25. The summed E-state index contributed by atoms with van der Waals surface area (Å²) in [7, 11) is 0. The quantitative estimate of drug-likeness (QED) is 0.773. The number of carbonyl (C=O) groups excluding carboxylic acids is 1. The molecule has 1 aliphatic rings. The molecule has 1 aliphatic carbocycles. The number of ether oxygens (including phenoxy) is 1. The first-order valence-corrected chi connectivity index (χ1v) is 5.66. The van der Waals surface area contributed by atoms with Crippen LogP contribution in [0.5, 0.6) is 0 Å². The van der Waals surface area contributed by atoms with Crippen LogP contribution in [0.1, 0.15) is 37.8 Å². The van der Waals surface area contributed by atoms with Gasteiger partial charge < -0.3 is 9.72 Å². The first-order valence-electron chi connectivity index (χ1n) is 5.66. The summed E-state index contributed by atoms with van der Waals surface area (Å²) in [6.45, 7) is 0. The summed E-state index contributed by atoms with van der Waals surface area (Å²) in [4.78, 5) is 14.5. The second kappa shape index (κ2) is 5.01. The van der Waals surface area contributed by atoms with Gasteiger partial charge in [0.2, 0.25) is 0 Å². The SMILES string of the molecule is O=C(Cc1ccc[nH]1)OC1CCCCC1. The van der Waals surface area contributed by atoms with Gasteiger partial charge in [-0.25, -0.2) is 0 Å². The summed E-state index contributed by atoms with van der Waals surface area (Å²) in [5.74, 6) is -0.107. The van der Waals surface area contributed by atoms with E-state index in [1.54, 1.807) is 0 Å². The van der Waals surface area contributed by atoms with E-state index in [-0.39, 0.29) is 12.1 Å². The predicted octanol–water partition coefficient (Wildman–Crippen LogP) is 2.43. The van der Waals surface area contributed by atoms with E-state index in [2.05, 4.69) is 4.98 Å². The molecule has 0 spiro atoms. The van der Waals surface area contributed by atoms with Gasteiger partial charge in [-0.05, 0) is 37.8 Å². The first-order chi connectivity index (χ1) is 7.34. The van der Waals surface area contributed by atoms with Crippen molar-refractivity contribution in [2.75, 3.05) is 0 Å². The van der Waals surface area contributed by atoms with Crippen molar-refractivity contribution in [3.63, 3.8) is 0 Å². The lowest BCUT2D eigenvalue weighted by Crippen LogP contribution is -2.22. The topological polar surface area (TPSA) is 42.1 Å². The van der Waals surface area contributed by atoms with Gasteiger partial charge in [-0.15, -0.1) is 0 Å².